The van der Waals surface area contributed by atoms with Gasteiger partial charge in [0.2, 0.25) is 16.8 Å². The minimum absolute atomic E-state index is 0.0275. The van der Waals surface area contributed by atoms with Crippen molar-refractivity contribution in [1.82, 2.24) is 10.0 Å². The van der Waals surface area contributed by atoms with Crippen molar-refractivity contribution in [2.45, 2.75) is 24.4 Å². The zero-order valence-electron chi connectivity index (χ0n) is 17.2. The van der Waals surface area contributed by atoms with Crippen molar-refractivity contribution < 1.29 is 27.1 Å². The fraction of sp³-hybridized carbons (Fsp3) is 0.174. The van der Waals surface area contributed by atoms with Gasteiger partial charge in [-0.15, -0.1) is 0 Å². The minimum Gasteiger partial charge on any atom is -0.454 e. The monoisotopic (exact) mass is 456 g/mol. The molecule has 0 spiro atoms. The summed E-state index contributed by atoms with van der Waals surface area (Å²) in [5, 5.41) is 2.79. The molecule has 1 amide bonds. The maximum Gasteiger partial charge on any atom is 0.251 e. The highest BCUT2D eigenvalue weighted by molar-refractivity contribution is 7.89. The zero-order valence-corrected chi connectivity index (χ0v) is 18.0. The lowest BCUT2D eigenvalue weighted by Crippen LogP contribution is -2.27. The van der Waals surface area contributed by atoms with E-state index in [0.717, 1.165) is 5.56 Å². The molecule has 2 N–H and O–H groups in total. The predicted molar refractivity (Wildman–Crippen MR) is 115 cm³/mol. The standard InChI is InChI=1S/C23H21FN2O5S/c1-15(17-6-8-19(24)9-7-17)26-23(27)18-3-2-4-20(12-18)32(28,29)25-13-16-5-10-21-22(11-16)31-14-30-21/h2-12,15,25H,13-14H2,1H3,(H,26,27). The Kier molecular flexibility index (Phi) is 6.11. The van der Waals surface area contributed by atoms with E-state index in [1.807, 2.05) is 0 Å². The maximum atomic E-state index is 13.1. The van der Waals surface area contributed by atoms with Crippen LogP contribution in [-0.2, 0) is 16.6 Å². The third-order valence-corrected chi connectivity index (χ3v) is 6.43. The number of carbonyl (C=O) groups is 1. The number of sulfonamides is 1. The average molecular weight is 456 g/mol. The topological polar surface area (TPSA) is 93.7 Å². The summed E-state index contributed by atoms with van der Waals surface area (Å²) < 4.78 is 51.7. The third kappa shape index (κ3) is 4.90. The average Bonchev–Trinajstić information content (AvgIpc) is 3.26. The van der Waals surface area contributed by atoms with Gasteiger partial charge in [-0.05, 0) is 60.5 Å². The Labute approximate surface area is 185 Å². The van der Waals surface area contributed by atoms with Crippen LogP contribution in [0, 0.1) is 5.82 Å². The van der Waals surface area contributed by atoms with E-state index in [-0.39, 0.29) is 35.7 Å². The second-order valence-corrected chi connectivity index (χ2v) is 9.05. The highest BCUT2D eigenvalue weighted by Crippen LogP contribution is 2.32. The fourth-order valence-corrected chi connectivity index (χ4v) is 4.30. The van der Waals surface area contributed by atoms with E-state index in [9.17, 15) is 17.6 Å². The molecule has 0 saturated heterocycles. The molecule has 7 nitrogen and oxygen atoms in total. The first-order chi connectivity index (χ1) is 15.3. The van der Waals surface area contributed by atoms with Gasteiger partial charge >= 0.3 is 0 Å². The van der Waals surface area contributed by atoms with Crippen molar-refractivity contribution in [3.05, 3.63) is 89.2 Å². The Bertz CT molecular complexity index is 1250. The van der Waals surface area contributed by atoms with Crippen molar-refractivity contribution in [2.24, 2.45) is 0 Å². The van der Waals surface area contributed by atoms with Crippen LogP contribution in [0.4, 0.5) is 4.39 Å². The number of fused-ring (bicyclic) bond motifs is 1. The molecule has 1 atom stereocenters. The molecule has 3 aromatic rings. The molecule has 166 valence electrons. The molecular weight excluding hydrogens is 435 g/mol. The number of rotatable bonds is 7. The van der Waals surface area contributed by atoms with Gasteiger partial charge < -0.3 is 14.8 Å². The number of hydrogen-bond acceptors (Lipinski definition) is 5. The lowest BCUT2D eigenvalue weighted by Gasteiger charge is -2.15. The quantitative estimate of drug-likeness (QED) is 0.567. The van der Waals surface area contributed by atoms with Gasteiger partial charge in [-0.1, -0.05) is 24.3 Å². The van der Waals surface area contributed by atoms with Gasteiger partial charge in [-0.3, -0.25) is 4.79 Å². The molecule has 0 fully saturated rings. The van der Waals surface area contributed by atoms with Crippen LogP contribution < -0.4 is 19.5 Å². The lowest BCUT2D eigenvalue weighted by atomic mass is 10.1. The van der Waals surface area contributed by atoms with Crippen LogP contribution >= 0.6 is 0 Å². The number of carbonyl (C=O) groups excluding carboxylic acids is 1. The first-order valence-corrected chi connectivity index (χ1v) is 11.3. The Morgan fingerprint density at radius 3 is 2.56 bits per heavy atom. The molecule has 0 saturated carbocycles. The van der Waals surface area contributed by atoms with Gasteiger partial charge in [0.1, 0.15) is 5.82 Å². The van der Waals surface area contributed by atoms with Gasteiger partial charge in [0.15, 0.2) is 11.5 Å². The normalized spacial score (nSPS) is 13.6. The molecule has 1 heterocycles. The van der Waals surface area contributed by atoms with Crippen LogP contribution in [0.2, 0.25) is 0 Å². The first-order valence-electron chi connectivity index (χ1n) is 9.86. The number of benzene rings is 3. The fourth-order valence-electron chi connectivity index (χ4n) is 3.23. The van der Waals surface area contributed by atoms with Gasteiger partial charge in [-0.2, -0.15) is 0 Å². The lowest BCUT2D eigenvalue weighted by molar-refractivity contribution is 0.0939. The van der Waals surface area contributed by atoms with Crippen molar-refractivity contribution in [3.8, 4) is 11.5 Å². The van der Waals surface area contributed by atoms with Gasteiger partial charge in [0.25, 0.3) is 5.91 Å². The number of amides is 1. The van der Waals surface area contributed by atoms with Crippen LogP contribution in [0.1, 0.15) is 34.5 Å². The minimum atomic E-state index is -3.86. The van der Waals surface area contributed by atoms with E-state index in [4.69, 9.17) is 9.47 Å². The van der Waals surface area contributed by atoms with Crippen molar-refractivity contribution in [2.75, 3.05) is 6.79 Å². The van der Waals surface area contributed by atoms with Gasteiger partial charge in [-0.25, -0.2) is 17.5 Å². The second kappa shape index (κ2) is 8.97. The molecule has 1 unspecified atom stereocenters. The summed E-state index contributed by atoms with van der Waals surface area (Å²) in [7, 11) is -3.86. The number of nitrogens with one attached hydrogen (secondary N) is 2. The Morgan fingerprint density at radius 2 is 1.78 bits per heavy atom. The SMILES string of the molecule is CC(NC(=O)c1cccc(S(=O)(=O)NCc2ccc3c(c2)OCO3)c1)c1ccc(F)cc1. The summed E-state index contributed by atoms with van der Waals surface area (Å²) in [6, 6.07) is 16.4. The first kappa shape index (κ1) is 21.8. The Morgan fingerprint density at radius 1 is 1.03 bits per heavy atom. The molecule has 0 radical (unpaired) electrons. The predicted octanol–water partition coefficient (Wildman–Crippen LogP) is 3.52. The van der Waals surface area contributed by atoms with E-state index < -0.39 is 15.9 Å². The molecule has 3 aromatic carbocycles. The summed E-state index contributed by atoms with van der Waals surface area (Å²) in [6.07, 6.45) is 0. The summed E-state index contributed by atoms with van der Waals surface area (Å²) in [6.45, 7) is 1.95. The highest BCUT2D eigenvalue weighted by atomic mass is 32.2. The third-order valence-electron chi connectivity index (χ3n) is 5.03. The smallest absolute Gasteiger partial charge is 0.251 e. The Balaban J connectivity index is 1.43. The molecule has 4 rings (SSSR count). The summed E-state index contributed by atoms with van der Waals surface area (Å²) >= 11 is 0. The molecular formula is C23H21FN2O5S. The summed E-state index contributed by atoms with van der Waals surface area (Å²) in [5.41, 5.74) is 1.64. The van der Waals surface area contributed by atoms with Gasteiger partial charge in [0, 0.05) is 12.1 Å². The van der Waals surface area contributed by atoms with Crippen LogP contribution in [0.5, 0.6) is 11.5 Å². The number of ether oxygens (including phenoxy) is 2. The number of halogens is 1. The zero-order chi connectivity index (χ0) is 22.7. The van der Waals surface area contributed by atoms with Crippen LogP contribution in [0.3, 0.4) is 0 Å². The van der Waals surface area contributed by atoms with E-state index >= 15 is 0 Å². The van der Waals surface area contributed by atoms with E-state index in [1.165, 1.54) is 36.4 Å². The van der Waals surface area contributed by atoms with Crippen LogP contribution in [0.25, 0.3) is 0 Å². The molecule has 32 heavy (non-hydrogen) atoms. The maximum absolute atomic E-state index is 13.1. The molecule has 0 bridgehead atoms. The summed E-state index contributed by atoms with van der Waals surface area (Å²) in [5.74, 6) is 0.383. The van der Waals surface area contributed by atoms with Crippen molar-refractivity contribution >= 4 is 15.9 Å². The van der Waals surface area contributed by atoms with Gasteiger partial charge in [0.05, 0.1) is 10.9 Å². The largest absolute Gasteiger partial charge is 0.454 e. The summed E-state index contributed by atoms with van der Waals surface area (Å²) in [4.78, 5) is 12.6. The van der Waals surface area contributed by atoms with Crippen LogP contribution in [-0.4, -0.2) is 21.1 Å². The molecule has 0 aromatic heterocycles. The Hall–Kier alpha value is -3.43. The van der Waals surface area contributed by atoms with E-state index in [0.29, 0.717) is 17.1 Å². The molecule has 1 aliphatic rings. The highest BCUT2D eigenvalue weighted by Gasteiger charge is 2.19. The van der Waals surface area contributed by atoms with Crippen LogP contribution in [0.15, 0.2) is 71.6 Å². The molecule has 0 aliphatic carbocycles. The molecule has 9 heteroatoms. The number of hydrogen-bond donors (Lipinski definition) is 2. The second-order valence-electron chi connectivity index (χ2n) is 7.29. The van der Waals surface area contributed by atoms with Crippen molar-refractivity contribution in [3.63, 3.8) is 0 Å². The molecule has 1 aliphatic heterocycles. The van der Waals surface area contributed by atoms with Crippen molar-refractivity contribution in [1.29, 1.82) is 0 Å². The van der Waals surface area contributed by atoms with E-state index in [1.54, 1.807) is 37.3 Å². The van der Waals surface area contributed by atoms with E-state index in [2.05, 4.69) is 10.0 Å².